The number of hydrogen-bond donors (Lipinski definition) is 1. The predicted octanol–water partition coefficient (Wildman–Crippen LogP) is 1.71. The van der Waals surface area contributed by atoms with Crippen LogP contribution in [0.1, 0.15) is 25.6 Å². The van der Waals surface area contributed by atoms with Gasteiger partial charge in [-0.3, -0.25) is 9.59 Å². The van der Waals surface area contributed by atoms with Crippen LogP contribution >= 0.6 is 0 Å². The number of imidazole rings is 1. The smallest absolute Gasteiger partial charge is 0.309 e. The molecule has 1 aliphatic heterocycles. The Morgan fingerprint density at radius 2 is 1.81 bits per heavy atom. The molecule has 3 rings (SSSR count). The van der Waals surface area contributed by atoms with Gasteiger partial charge in [0.25, 0.3) is 15.9 Å². The van der Waals surface area contributed by atoms with E-state index >= 15 is 0 Å². The van der Waals surface area contributed by atoms with Crippen molar-refractivity contribution in [3.8, 4) is 5.75 Å². The third-order valence-corrected chi connectivity index (χ3v) is 7.27. The number of rotatable bonds is 7. The zero-order valence-electron chi connectivity index (χ0n) is 18.6. The molecule has 0 aliphatic carbocycles. The van der Waals surface area contributed by atoms with Crippen LogP contribution in [-0.4, -0.2) is 60.5 Å². The molecule has 0 bridgehead atoms. The van der Waals surface area contributed by atoms with Gasteiger partial charge in [-0.05, 0) is 51.0 Å². The van der Waals surface area contributed by atoms with Crippen LogP contribution in [0.5, 0.6) is 5.75 Å². The van der Waals surface area contributed by atoms with Gasteiger partial charge in [0, 0.05) is 32.0 Å². The first-order chi connectivity index (χ1) is 15.1. The highest BCUT2D eigenvalue weighted by molar-refractivity contribution is 7.89. The number of aromatic nitrogens is 2. The summed E-state index contributed by atoms with van der Waals surface area (Å²) in [4.78, 5) is 29.0. The average Bonchev–Trinajstić information content (AvgIpc) is 3.13. The van der Waals surface area contributed by atoms with Crippen molar-refractivity contribution in [2.75, 3.05) is 25.5 Å². The maximum Gasteiger partial charge on any atom is 0.309 e. The number of sulfonamides is 1. The van der Waals surface area contributed by atoms with Crippen molar-refractivity contribution < 1.29 is 27.5 Å². The number of aryl methyl sites for hydroxylation is 2. The number of carbonyl (C=O) groups is 2. The van der Waals surface area contributed by atoms with Gasteiger partial charge in [0.15, 0.2) is 11.1 Å². The fourth-order valence-electron chi connectivity index (χ4n) is 3.36. The zero-order chi connectivity index (χ0) is 23.5. The molecule has 1 atom stereocenters. The zero-order valence-corrected chi connectivity index (χ0v) is 19.4. The van der Waals surface area contributed by atoms with Crippen molar-refractivity contribution in [1.29, 1.82) is 0 Å². The summed E-state index contributed by atoms with van der Waals surface area (Å²) in [6, 6.07) is 6.79. The number of ether oxygens (including phenoxy) is 2. The van der Waals surface area contributed by atoms with Crippen molar-refractivity contribution in [3.63, 3.8) is 0 Å². The highest BCUT2D eigenvalue weighted by Gasteiger charge is 2.35. The minimum absolute atomic E-state index is 0.00218. The summed E-state index contributed by atoms with van der Waals surface area (Å²) in [5.41, 5.74) is 0.557. The molecule has 1 fully saturated rings. The van der Waals surface area contributed by atoms with Gasteiger partial charge in [-0.25, -0.2) is 13.4 Å². The fraction of sp³-hybridized carbons (Fsp3) is 0.476. The summed E-state index contributed by atoms with van der Waals surface area (Å²) in [6.45, 7) is 3.60. The van der Waals surface area contributed by atoms with Crippen LogP contribution in [-0.2, 0) is 31.4 Å². The molecule has 1 aromatic heterocycles. The van der Waals surface area contributed by atoms with Crippen molar-refractivity contribution in [3.05, 3.63) is 36.3 Å². The maximum absolute atomic E-state index is 12.8. The van der Waals surface area contributed by atoms with Gasteiger partial charge >= 0.3 is 5.97 Å². The summed E-state index contributed by atoms with van der Waals surface area (Å²) in [6.07, 6.45) is 1.13. The SMILES string of the molecule is COc1ccc(NC(=O)C(C)OC(=O)C2CCN(S(=O)(=O)c3cn(C)c(C)n3)CC2)cc1. The fourth-order valence-corrected chi connectivity index (χ4v) is 4.85. The first kappa shape index (κ1) is 23.7. The van der Waals surface area contributed by atoms with E-state index in [-0.39, 0.29) is 18.1 Å². The molecule has 1 amide bonds. The third-order valence-electron chi connectivity index (χ3n) is 5.50. The van der Waals surface area contributed by atoms with Crippen molar-refractivity contribution in [2.24, 2.45) is 13.0 Å². The molecule has 2 heterocycles. The summed E-state index contributed by atoms with van der Waals surface area (Å²) < 4.78 is 39.0. The molecule has 0 saturated carbocycles. The van der Waals surface area contributed by atoms with Gasteiger partial charge in [0.1, 0.15) is 11.6 Å². The number of nitrogens with zero attached hydrogens (tertiary/aromatic N) is 3. The van der Waals surface area contributed by atoms with E-state index in [1.54, 1.807) is 49.9 Å². The van der Waals surface area contributed by atoms with Gasteiger partial charge in [-0.15, -0.1) is 0 Å². The van der Waals surface area contributed by atoms with Crippen LogP contribution in [0.3, 0.4) is 0 Å². The summed E-state index contributed by atoms with van der Waals surface area (Å²) in [5.74, 6) is -0.164. The highest BCUT2D eigenvalue weighted by Crippen LogP contribution is 2.25. The second kappa shape index (κ2) is 9.70. The van der Waals surface area contributed by atoms with Crippen LogP contribution in [0, 0.1) is 12.8 Å². The number of methoxy groups -OCH3 is 1. The molecular formula is C21H28N4O6S. The Morgan fingerprint density at radius 3 is 2.34 bits per heavy atom. The lowest BCUT2D eigenvalue weighted by molar-refractivity contribution is -0.158. The number of anilines is 1. The van der Waals surface area contributed by atoms with Crippen molar-refractivity contribution >= 4 is 27.6 Å². The van der Waals surface area contributed by atoms with Gasteiger partial charge in [-0.2, -0.15) is 4.31 Å². The molecule has 0 radical (unpaired) electrons. The summed E-state index contributed by atoms with van der Waals surface area (Å²) in [5, 5.41) is 2.69. The third kappa shape index (κ3) is 5.28. The molecule has 32 heavy (non-hydrogen) atoms. The molecule has 174 valence electrons. The van der Waals surface area contributed by atoms with E-state index < -0.39 is 33.9 Å². The first-order valence-electron chi connectivity index (χ1n) is 10.3. The Balaban J connectivity index is 1.51. The molecule has 1 saturated heterocycles. The van der Waals surface area contributed by atoms with E-state index in [0.717, 1.165) is 0 Å². The Bertz CT molecular complexity index is 1050. The minimum Gasteiger partial charge on any atom is -0.497 e. The van der Waals surface area contributed by atoms with Gasteiger partial charge in [-0.1, -0.05) is 0 Å². The quantitative estimate of drug-likeness (QED) is 0.620. The highest BCUT2D eigenvalue weighted by atomic mass is 32.2. The van der Waals surface area contributed by atoms with E-state index in [9.17, 15) is 18.0 Å². The van der Waals surface area contributed by atoms with Crippen molar-refractivity contribution in [1.82, 2.24) is 13.9 Å². The van der Waals surface area contributed by atoms with Gasteiger partial charge < -0.3 is 19.4 Å². The number of nitrogens with one attached hydrogen (secondary N) is 1. The van der Waals surface area contributed by atoms with Gasteiger partial charge in [0.05, 0.1) is 13.0 Å². The topological polar surface area (TPSA) is 120 Å². The monoisotopic (exact) mass is 464 g/mol. The van der Waals surface area contributed by atoms with E-state index in [1.165, 1.54) is 17.4 Å². The molecule has 1 N–H and O–H groups in total. The summed E-state index contributed by atoms with van der Waals surface area (Å²) >= 11 is 0. The van der Waals surface area contributed by atoms with E-state index in [2.05, 4.69) is 10.3 Å². The molecule has 2 aromatic rings. The Morgan fingerprint density at radius 1 is 1.19 bits per heavy atom. The Labute approximate surface area is 187 Å². The van der Waals surface area contributed by atoms with Crippen LogP contribution in [0.25, 0.3) is 0 Å². The Kier molecular flexibility index (Phi) is 7.19. The standard InChI is InChI=1S/C21H28N4O6S/c1-14(20(26)23-17-5-7-18(30-4)8-6-17)31-21(27)16-9-11-25(12-10-16)32(28,29)19-13-24(3)15(2)22-19/h5-8,13-14,16H,9-12H2,1-4H3,(H,23,26). The Hall–Kier alpha value is -2.92. The number of piperidine rings is 1. The second-order valence-corrected chi connectivity index (χ2v) is 9.60. The molecule has 0 spiro atoms. The van der Waals surface area contributed by atoms with Crippen molar-refractivity contribution in [2.45, 2.75) is 37.8 Å². The molecule has 1 unspecified atom stereocenters. The summed E-state index contributed by atoms with van der Waals surface area (Å²) in [7, 11) is -0.431. The lowest BCUT2D eigenvalue weighted by Gasteiger charge is -2.30. The van der Waals surface area contributed by atoms with Gasteiger partial charge in [0.2, 0.25) is 0 Å². The molecule has 1 aromatic carbocycles. The first-order valence-corrected chi connectivity index (χ1v) is 11.7. The van der Waals surface area contributed by atoms with E-state index in [0.29, 0.717) is 30.1 Å². The van der Waals surface area contributed by atoms with Crippen LogP contribution in [0.15, 0.2) is 35.5 Å². The lowest BCUT2D eigenvalue weighted by atomic mass is 9.98. The molecular weight excluding hydrogens is 436 g/mol. The van der Waals surface area contributed by atoms with Crippen LogP contribution in [0.2, 0.25) is 0 Å². The van der Waals surface area contributed by atoms with E-state index in [1.807, 2.05) is 0 Å². The predicted molar refractivity (Wildman–Crippen MR) is 117 cm³/mol. The van der Waals surface area contributed by atoms with E-state index in [4.69, 9.17) is 9.47 Å². The number of amides is 1. The number of benzene rings is 1. The average molecular weight is 465 g/mol. The molecule has 10 nitrogen and oxygen atoms in total. The number of esters is 1. The van der Waals surface area contributed by atoms with Crippen LogP contribution in [0.4, 0.5) is 5.69 Å². The minimum atomic E-state index is -3.71. The maximum atomic E-state index is 12.8. The second-order valence-electron chi connectivity index (χ2n) is 7.71. The molecule has 1 aliphatic rings. The number of carbonyl (C=O) groups excluding carboxylic acids is 2. The lowest BCUT2D eigenvalue weighted by Crippen LogP contribution is -2.41. The largest absolute Gasteiger partial charge is 0.497 e. The number of hydrogen-bond acceptors (Lipinski definition) is 7. The molecule has 11 heteroatoms. The normalized spacial score (nSPS) is 16.4. The van der Waals surface area contributed by atoms with Crippen LogP contribution < -0.4 is 10.1 Å².